The van der Waals surface area contributed by atoms with Gasteiger partial charge in [0.2, 0.25) is 0 Å². The number of nitrogens with one attached hydrogen (secondary N) is 1. The molecule has 0 amide bonds. The number of hydrogen-bond donors (Lipinski definition) is 1. The van der Waals surface area contributed by atoms with Gasteiger partial charge in [-0.25, -0.2) is 9.78 Å². The molecule has 162 valence electrons. The van der Waals surface area contributed by atoms with Crippen molar-refractivity contribution >= 4 is 22.6 Å². The monoisotopic (exact) mass is 428 g/mol. The number of ether oxygens (including phenoxy) is 3. The standard InChI is InChI=1S/C26H24N2O4/c1-17(18-7-9-20(10-8-18)26(29)31-3)28-25-24-19(15-16-27-25)5-4-6-23(24)32-22-13-11-21(30-2)12-14-22/h4-17H,1-3H3,(H,27,28)/t17-/m0/s1. The van der Waals surface area contributed by atoms with Crippen molar-refractivity contribution in [2.45, 2.75) is 13.0 Å². The maximum Gasteiger partial charge on any atom is 0.337 e. The summed E-state index contributed by atoms with van der Waals surface area (Å²) in [5.41, 5.74) is 1.53. The van der Waals surface area contributed by atoms with Gasteiger partial charge in [-0.1, -0.05) is 24.3 Å². The third kappa shape index (κ3) is 4.49. The molecule has 4 rings (SSSR count). The summed E-state index contributed by atoms with van der Waals surface area (Å²) in [6.07, 6.45) is 1.77. The Bertz CT molecular complexity index is 1220. The third-order valence-corrected chi connectivity index (χ3v) is 5.23. The number of pyridine rings is 1. The highest BCUT2D eigenvalue weighted by molar-refractivity contribution is 5.97. The lowest BCUT2D eigenvalue weighted by Gasteiger charge is -2.18. The van der Waals surface area contributed by atoms with Crippen LogP contribution in [0.25, 0.3) is 10.8 Å². The first-order valence-electron chi connectivity index (χ1n) is 10.2. The first kappa shape index (κ1) is 21.2. The second-order valence-corrected chi connectivity index (χ2v) is 7.27. The minimum Gasteiger partial charge on any atom is -0.497 e. The number of nitrogens with zero attached hydrogens (tertiary/aromatic N) is 1. The molecule has 1 N–H and O–H groups in total. The number of carbonyl (C=O) groups excluding carboxylic acids is 1. The van der Waals surface area contributed by atoms with Crippen molar-refractivity contribution < 1.29 is 19.0 Å². The molecule has 0 spiro atoms. The van der Waals surface area contributed by atoms with Crippen molar-refractivity contribution in [1.82, 2.24) is 4.98 Å². The molecule has 4 aromatic rings. The molecule has 1 heterocycles. The van der Waals surface area contributed by atoms with Crippen molar-refractivity contribution in [2.24, 2.45) is 0 Å². The van der Waals surface area contributed by atoms with E-state index in [2.05, 4.69) is 10.3 Å². The first-order chi connectivity index (χ1) is 15.6. The van der Waals surface area contributed by atoms with Gasteiger partial charge in [-0.3, -0.25) is 0 Å². The third-order valence-electron chi connectivity index (χ3n) is 5.23. The van der Waals surface area contributed by atoms with Crippen molar-refractivity contribution in [3.05, 3.63) is 90.1 Å². The van der Waals surface area contributed by atoms with Crippen molar-refractivity contribution in [2.75, 3.05) is 19.5 Å². The molecule has 0 fully saturated rings. The minimum absolute atomic E-state index is 0.0474. The molecular formula is C26H24N2O4. The van der Waals surface area contributed by atoms with Crippen LogP contribution in [0.3, 0.4) is 0 Å². The Morgan fingerprint density at radius 2 is 1.62 bits per heavy atom. The van der Waals surface area contributed by atoms with E-state index >= 15 is 0 Å². The van der Waals surface area contributed by atoms with Crippen LogP contribution in [0.4, 0.5) is 5.82 Å². The van der Waals surface area contributed by atoms with Crippen molar-refractivity contribution in [3.63, 3.8) is 0 Å². The summed E-state index contributed by atoms with van der Waals surface area (Å²) in [6, 6.07) is 22.6. The van der Waals surface area contributed by atoms with Crippen LogP contribution in [0, 0.1) is 0 Å². The Kier molecular flexibility index (Phi) is 6.22. The van der Waals surface area contributed by atoms with E-state index in [0.29, 0.717) is 17.1 Å². The molecule has 3 aromatic carbocycles. The number of rotatable bonds is 7. The molecule has 0 aliphatic carbocycles. The number of aromatic nitrogens is 1. The number of fused-ring (bicyclic) bond motifs is 1. The largest absolute Gasteiger partial charge is 0.497 e. The molecular weight excluding hydrogens is 404 g/mol. The van der Waals surface area contributed by atoms with Crippen LogP contribution in [0.1, 0.15) is 28.9 Å². The molecule has 0 unspecified atom stereocenters. The molecule has 6 heteroatoms. The van der Waals surface area contributed by atoms with Gasteiger partial charge in [0, 0.05) is 12.2 Å². The van der Waals surface area contributed by atoms with Crippen LogP contribution >= 0.6 is 0 Å². The fourth-order valence-electron chi connectivity index (χ4n) is 3.48. The second kappa shape index (κ2) is 9.39. The smallest absolute Gasteiger partial charge is 0.337 e. The zero-order valence-electron chi connectivity index (χ0n) is 18.2. The van der Waals surface area contributed by atoms with E-state index in [-0.39, 0.29) is 12.0 Å². The van der Waals surface area contributed by atoms with Crippen molar-refractivity contribution in [3.8, 4) is 17.2 Å². The summed E-state index contributed by atoms with van der Waals surface area (Å²) in [5, 5.41) is 5.39. The van der Waals surface area contributed by atoms with E-state index in [1.54, 1.807) is 25.4 Å². The Morgan fingerprint density at radius 1 is 0.906 bits per heavy atom. The predicted octanol–water partition coefficient (Wildman–Crippen LogP) is 6.00. The second-order valence-electron chi connectivity index (χ2n) is 7.27. The molecule has 0 saturated heterocycles. The van der Waals surface area contributed by atoms with E-state index in [9.17, 15) is 4.79 Å². The summed E-state index contributed by atoms with van der Waals surface area (Å²) in [7, 11) is 3.01. The van der Waals surface area contributed by atoms with Gasteiger partial charge in [0.25, 0.3) is 0 Å². The number of carbonyl (C=O) groups is 1. The van der Waals surface area contributed by atoms with E-state index in [1.807, 2.05) is 67.6 Å². The number of methoxy groups -OCH3 is 2. The molecule has 0 saturated carbocycles. The lowest BCUT2D eigenvalue weighted by Crippen LogP contribution is -2.09. The van der Waals surface area contributed by atoms with Crippen molar-refractivity contribution in [1.29, 1.82) is 0 Å². The van der Waals surface area contributed by atoms with Crippen LogP contribution in [0.15, 0.2) is 79.0 Å². The normalized spacial score (nSPS) is 11.6. The van der Waals surface area contributed by atoms with Gasteiger partial charge in [0.1, 0.15) is 23.1 Å². The summed E-state index contributed by atoms with van der Waals surface area (Å²) in [4.78, 5) is 16.3. The zero-order valence-corrected chi connectivity index (χ0v) is 18.2. The fourth-order valence-corrected chi connectivity index (χ4v) is 3.48. The van der Waals surface area contributed by atoms with Gasteiger partial charge in [0.05, 0.1) is 25.2 Å². The van der Waals surface area contributed by atoms with E-state index in [0.717, 1.165) is 27.9 Å². The average molecular weight is 428 g/mol. The summed E-state index contributed by atoms with van der Waals surface area (Å²) >= 11 is 0. The molecule has 0 aliphatic heterocycles. The SMILES string of the molecule is COC(=O)c1ccc([C@H](C)Nc2nccc3cccc(Oc4ccc(OC)cc4)c23)cc1. The predicted molar refractivity (Wildman–Crippen MR) is 125 cm³/mol. The Hall–Kier alpha value is -4.06. The summed E-state index contributed by atoms with van der Waals surface area (Å²) in [5.74, 6) is 2.55. The number of esters is 1. The van der Waals surface area contributed by atoms with Gasteiger partial charge >= 0.3 is 5.97 Å². The van der Waals surface area contributed by atoms with Crippen LogP contribution in [0.5, 0.6) is 17.2 Å². The highest BCUT2D eigenvalue weighted by Crippen LogP contribution is 2.35. The number of hydrogen-bond acceptors (Lipinski definition) is 6. The van der Waals surface area contributed by atoms with Crippen LogP contribution in [-0.4, -0.2) is 25.2 Å². The number of benzene rings is 3. The van der Waals surface area contributed by atoms with E-state index in [1.165, 1.54) is 7.11 Å². The molecule has 6 nitrogen and oxygen atoms in total. The van der Waals surface area contributed by atoms with E-state index in [4.69, 9.17) is 14.2 Å². The summed E-state index contributed by atoms with van der Waals surface area (Å²) < 4.78 is 16.2. The minimum atomic E-state index is -0.354. The molecule has 1 atom stereocenters. The maximum atomic E-state index is 11.7. The zero-order chi connectivity index (χ0) is 22.5. The lowest BCUT2D eigenvalue weighted by molar-refractivity contribution is 0.0600. The van der Waals surface area contributed by atoms with E-state index < -0.39 is 0 Å². The van der Waals surface area contributed by atoms with Gasteiger partial charge < -0.3 is 19.5 Å². The molecule has 1 aromatic heterocycles. The quantitative estimate of drug-likeness (QED) is 0.364. The Morgan fingerprint density at radius 3 is 2.31 bits per heavy atom. The maximum absolute atomic E-state index is 11.7. The average Bonchev–Trinajstić information content (AvgIpc) is 2.84. The van der Waals surface area contributed by atoms with Crippen LogP contribution in [0.2, 0.25) is 0 Å². The highest BCUT2D eigenvalue weighted by Gasteiger charge is 2.14. The topological polar surface area (TPSA) is 69.7 Å². The molecule has 32 heavy (non-hydrogen) atoms. The fraction of sp³-hybridized carbons (Fsp3) is 0.154. The number of anilines is 1. The van der Waals surface area contributed by atoms with Gasteiger partial charge in [0.15, 0.2) is 0 Å². The van der Waals surface area contributed by atoms with Gasteiger partial charge in [-0.2, -0.15) is 0 Å². The van der Waals surface area contributed by atoms with Gasteiger partial charge in [-0.15, -0.1) is 0 Å². The molecule has 0 bridgehead atoms. The Balaban J connectivity index is 1.63. The van der Waals surface area contributed by atoms with Gasteiger partial charge in [-0.05, 0) is 66.4 Å². The molecule has 0 aliphatic rings. The highest BCUT2D eigenvalue weighted by atomic mass is 16.5. The molecule has 0 radical (unpaired) electrons. The lowest BCUT2D eigenvalue weighted by atomic mass is 10.1. The summed E-state index contributed by atoms with van der Waals surface area (Å²) in [6.45, 7) is 2.04. The van der Waals surface area contributed by atoms with Crippen LogP contribution in [-0.2, 0) is 4.74 Å². The van der Waals surface area contributed by atoms with Crippen LogP contribution < -0.4 is 14.8 Å². The first-order valence-corrected chi connectivity index (χ1v) is 10.2. The Labute approximate surface area is 186 Å².